The van der Waals surface area contributed by atoms with Crippen LogP contribution in [0.15, 0.2) is 24.3 Å². The molecule has 1 aromatic rings. The van der Waals surface area contributed by atoms with Crippen LogP contribution >= 0.6 is 0 Å². The molecule has 1 rings (SSSR count). The minimum atomic E-state index is -1.43. The molecule has 0 aromatic heterocycles. The van der Waals surface area contributed by atoms with Crippen molar-refractivity contribution in [1.82, 2.24) is 5.32 Å². The average molecular weight is 366 g/mol. The van der Waals surface area contributed by atoms with Crippen LogP contribution in [0.5, 0.6) is 0 Å². The van der Waals surface area contributed by atoms with E-state index in [2.05, 4.69) is 15.4 Å². The molecular weight excluding hydrogens is 344 g/mol. The third-order valence-electron chi connectivity index (χ3n) is 2.97. The maximum absolute atomic E-state index is 12.2. The Morgan fingerprint density at radius 3 is 2.15 bits per heavy atom. The Labute approximate surface area is 150 Å². The highest BCUT2D eigenvalue weighted by Gasteiger charge is 2.27. The van der Waals surface area contributed by atoms with Crippen LogP contribution in [0.3, 0.4) is 0 Å². The van der Waals surface area contributed by atoms with Gasteiger partial charge in [-0.15, -0.1) is 0 Å². The summed E-state index contributed by atoms with van der Waals surface area (Å²) in [5.41, 5.74) is -0.195. The van der Waals surface area contributed by atoms with Crippen molar-refractivity contribution in [2.45, 2.75) is 38.8 Å². The van der Waals surface area contributed by atoms with Gasteiger partial charge in [0.25, 0.3) is 5.91 Å². The summed E-state index contributed by atoms with van der Waals surface area (Å²) in [4.78, 5) is 46.3. The normalized spacial score (nSPS) is 11.8. The molecule has 0 unspecified atom stereocenters. The third-order valence-corrected chi connectivity index (χ3v) is 2.97. The van der Waals surface area contributed by atoms with Crippen LogP contribution in [0.25, 0.3) is 0 Å². The van der Waals surface area contributed by atoms with E-state index in [9.17, 15) is 24.3 Å². The Hall–Kier alpha value is -3.10. The molecule has 2 amide bonds. The van der Waals surface area contributed by atoms with E-state index in [1.807, 2.05) is 0 Å². The van der Waals surface area contributed by atoms with Gasteiger partial charge in [-0.3, -0.25) is 14.9 Å². The quantitative estimate of drug-likeness (QED) is 0.654. The minimum Gasteiger partial charge on any atom is -0.480 e. The lowest BCUT2D eigenvalue weighted by Crippen LogP contribution is -2.43. The van der Waals surface area contributed by atoms with Gasteiger partial charge in [0, 0.05) is 11.3 Å². The SMILES string of the molecule is COC(=O)Nc1ccc(C(=O)N[C@@H](CC(=O)OC(C)(C)C)C(=O)O)cc1. The maximum atomic E-state index is 12.2. The number of carboxylic acid groups (broad SMARTS) is 1. The number of carboxylic acids is 1. The monoisotopic (exact) mass is 366 g/mol. The molecule has 9 nitrogen and oxygen atoms in total. The number of nitrogens with one attached hydrogen (secondary N) is 2. The Bertz CT molecular complexity index is 677. The molecule has 0 fully saturated rings. The molecule has 1 atom stereocenters. The van der Waals surface area contributed by atoms with E-state index in [0.29, 0.717) is 5.69 Å². The van der Waals surface area contributed by atoms with E-state index in [4.69, 9.17) is 4.74 Å². The molecule has 0 aliphatic carbocycles. The van der Waals surface area contributed by atoms with Crippen molar-refractivity contribution in [1.29, 1.82) is 0 Å². The molecule has 9 heteroatoms. The summed E-state index contributed by atoms with van der Waals surface area (Å²) >= 11 is 0. The van der Waals surface area contributed by atoms with Crippen LogP contribution in [-0.2, 0) is 19.1 Å². The third kappa shape index (κ3) is 7.20. The summed E-state index contributed by atoms with van der Waals surface area (Å²) in [6, 6.07) is 4.27. The number of hydrogen-bond acceptors (Lipinski definition) is 6. The maximum Gasteiger partial charge on any atom is 0.411 e. The van der Waals surface area contributed by atoms with Gasteiger partial charge in [0.1, 0.15) is 11.6 Å². The Kier molecular flexibility index (Phi) is 7.12. The van der Waals surface area contributed by atoms with Gasteiger partial charge in [0.2, 0.25) is 0 Å². The van der Waals surface area contributed by atoms with Crippen molar-refractivity contribution < 1.29 is 33.8 Å². The molecule has 3 N–H and O–H groups in total. The zero-order chi connectivity index (χ0) is 19.9. The van der Waals surface area contributed by atoms with Gasteiger partial charge in [0.15, 0.2) is 0 Å². The first kappa shape index (κ1) is 20.9. The van der Waals surface area contributed by atoms with Gasteiger partial charge >= 0.3 is 18.0 Å². The minimum absolute atomic E-state index is 0.163. The van der Waals surface area contributed by atoms with Crippen molar-refractivity contribution in [3.63, 3.8) is 0 Å². The second kappa shape index (κ2) is 8.84. The number of rotatable bonds is 6. The summed E-state index contributed by atoms with van der Waals surface area (Å²) in [6.07, 6.45) is -1.16. The number of aliphatic carboxylic acids is 1. The van der Waals surface area contributed by atoms with Crippen LogP contribution in [0.2, 0.25) is 0 Å². The molecule has 0 spiro atoms. The van der Waals surface area contributed by atoms with Crippen LogP contribution in [-0.4, -0.2) is 47.8 Å². The number of carbonyl (C=O) groups is 4. The second-order valence-corrected chi connectivity index (χ2v) is 6.35. The van der Waals surface area contributed by atoms with E-state index in [0.717, 1.165) is 0 Å². The number of hydrogen-bond donors (Lipinski definition) is 3. The molecule has 0 bridgehead atoms. The van der Waals surface area contributed by atoms with Crippen molar-refractivity contribution in [2.24, 2.45) is 0 Å². The van der Waals surface area contributed by atoms with Crippen molar-refractivity contribution in [3.8, 4) is 0 Å². The molecule has 0 saturated carbocycles. The summed E-state index contributed by atoms with van der Waals surface area (Å²) in [6.45, 7) is 4.97. The van der Waals surface area contributed by atoms with Gasteiger partial charge in [-0.2, -0.15) is 0 Å². The van der Waals surface area contributed by atoms with Crippen molar-refractivity contribution in [3.05, 3.63) is 29.8 Å². The summed E-state index contributed by atoms with van der Waals surface area (Å²) in [7, 11) is 1.22. The lowest BCUT2D eigenvalue weighted by molar-refractivity contribution is -0.158. The highest BCUT2D eigenvalue weighted by atomic mass is 16.6. The van der Waals surface area contributed by atoms with Crippen LogP contribution in [0.4, 0.5) is 10.5 Å². The fourth-order valence-corrected chi connectivity index (χ4v) is 1.87. The van der Waals surface area contributed by atoms with E-state index in [-0.39, 0.29) is 5.56 Å². The predicted molar refractivity (Wildman–Crippen MR) is 91.8 cm³/mol. The van der Waals surface area contributed by atoms with E-state index in [1.165, 1.54) is 31.4 Å². The molecule has 0 aliphatic rings. The van der Waals surface area contributed by atoms with Crippen molar-refractivity contribution in [2.75, 3.05) is 12.4 Å². The van der Waals surface area contributed by atoms with Crippen LogP contribution in [0, 0.1) is 0 Å². The van der Waals surface area contributed by atoms with Gasteiger partial charge in [-0.05, 0) is 45.0 Å². The molecule has 142 valence electrons. The first-order valence-corrected chi connectivity index (χ1v) is 7.72. The van der Waals surface area contributed by atoms with Gasteiger partial charge in [-0.25, -0.2) is 9.59 Å². The Balaban J connectivity index is 2.74. The standard InChI is InChI=1S/C17H22N2O7/c1-17(2,3)26-13(20)9-12(15(22)23)19-14(21)10-5-7-11(8-6-10)18-16(24)25-4/h5-8,12H,9H2,1-4H3,(H,18,24)(H,19,21)(H,22,23)/t12-/m0/s1. The molecule has 0 aliphatic heterocycles. The lowest BCUT2D eigenvalue weighted by Gasteiger charge is -2.21. The van der Waals surface area contributed by atoms with Crippen LogP contribution < -0.4 is 10.6 Å². The number of benzene rings is 1. The number of methoxy groups -OCH3 is 1. The molecular formula is C17H22N2O7. The summed E-state index contributed by atoms with van der Waals surface area (Å²) in [5, 5.41) is 13.9. The fourth-order valence-electron chi connectivity index (χ4n) is 1.87. The van der Waals surface area contributed by atoms with E-state index < -0.39 is 42.0 Å². The molecule has 0 heterocycles. The van der Waals surface area contributed by atoms with Crippen LogP contribution in [0.1, 0.15) is 37.6 Å². The number of ether oxygens (including phenoxy) is 2. The first-order chi connectivity index (χ1) is 12.0. The highest BCUT2D eigenvalue weighted by molar-refractivity contribution is 5.98. The average Bonchev–Trinajstić information content (AvgIpc) is 2.52. The molecule has 0 radical (unpaired) electrons. The predicted octanol–water partition coefficient (Wildman–Crippen LogP) is 1.78. The Morgan fingerprint density at radius 2 is 1.69 bits per heavy atom. The zero-order valence-electron chi connectivity index (χ0n) is 15.0. The van der Waals surface area contributed by atoms with Gasteiger partial charge in [-0.1, -0.05) is 0 Å². The summed E-state index contributed by atoms with van der Waals surface area (Å²) in [5.74, 6) is -2.76. The second-order valence-electron chi connectivity index (χ2n) is 6.35. The number of amides is 2. The lowest BCUT2D eigenvalue weighted by atomic mass is 10.1. The summed E-state index contributed by atoms with van der Waals surface area (Å²) < 4.78 is 9.51. The highest BCUT2D eigenvalue weighted by Crippen LogP contribution is 2.12. The molecule has 0 saturated heterocycles. The molecule has 26 heavy (non-hydrogen) atoms. The number of anilines is 1. The topological polar surface area (TPSA) is 131 Å². The van der Waals surface area contributed by atoms with Gasteiger partial charge in [0.05, 0.1) is 13.5 Å². The zero-order valence-corrected chi connectivity index (χ0v) is 15.0. The van der Waals surface area contributed by atoms with E-state index >= 15 is 0 Å². The van der Waals surface area contributed by atoms with Crippen molar-refractivity contribution >= 4 is 29.6 Å². The first-order valence-electron chi connectivity index (χ1n) is 7.72. The molecule has 1 aromatic carbocycles. The van der Waals surface area contributed by atoms with E-state index in [1.54, 1.807) is 20.8 Å². The Morgan fingerprint density at radius 1 is 1.12 bits per heavy atom. The number of esters is 1. The fraction of sp³-hybridized carbons (Fsp3) is 0.412. The van der Waals surface area contributed by atoms with Gasteiger partial charge < -0.3 is 19.9 Å². The number of carbonyl (C=O) groups excluding carboxylic acids is 3. The smallest absolute Gasteiger partial charge is 0.411 e. The largest absolute Gasteiger partial charge is 0.480 e.